The average Bonchev–Trinajstić information content (AvgIpc) is 3.02. The summed E-state index contributed by atoms with van der Waals surface area (Å²) in [7, 11) is 1.05. The van der Waals surface area contributed by atoms with Gasteiger partial charge in [0, 0.05) is 17.4 Å². The second-order valence-corrected chi connectivity index (χ2v) is 8.08. The number of carbonyl (C=O) groups is 1. The summed E-state index contributed by atoms with van der Waals surface area (Å²) in [6, 6.07) is 4.70. The number of pyridine rings is 1. The van der Waals surface area contributed by atoms with E-state index in [1.807, 2.05) is 0 Å². The Morgan fingerprint density at radius 3 is 2.45 bits per heavy atom. The molecule has 1 saturated heterocycles. The van der Waals surface area contributed by atoms with Gasteiger partial charge in [0.1, 0.15) is 6.10 Å². The largest absolute Gasteiger partial charge is 0.493 e. The number of nitrogens with zero attached hydrogens (tertiary/aromatic N) is 1. The highest BCUT2D eigenvalue weighted by atomic mass is 19.4. The van der Waals surface area contributed by atoms with Gasteiger partial charge in [-0.2, -0.15) is 17.6 Å². The lowest BCUT2D eigenvalue weighted by Crippen LogP contribution is -2.47. The van der Waals surface area contributed by atoms with Gasteiger partial charge in [0.2, 0.25) is 5.82 Å². The van der Waals surface area contributed by atoms with E-state index in [2.05, 4.69) is 10.3 Å². The number of carbonyl (C=O) groups excluding carboxylic acids is 1. The normalized spacial score (nSPS) is 26.2. The molecule has 1 amide bonds. The molecule has 1 aliphatic rings. The zero-order valence-electron chi connectivity index (χ0n) is 18.2. The van der Waals surface area contributed by atoms with Crippen LogP contribution in [0, 0.1) is 17.6 Å². The van der Waals surface area contributed by atoms with Gasteiger partial charge in [0.25, 0.3) is 5.91 Å². The van der Waals surface area contributed by atoms with Crippen molar-refractivity contribution in [3.63, 3.8) is 0 Å². The van der Waals surface area contributed by atoms with E-state index in [0.717, 1.165) is 26.2 Å². The number of hydrogen-bond acceptors (Lipinski definition) is 5. The molecule has 0 spiro atoms. The quantitative estimate of drug-likeness (QED) is 0.624. The number of aromatic nitrogens is 1. The summed E-state index contributed by atoms with van der Waals surface area (Å²) in [5, 5.41) is 12.0. The summed E-state index contributed by atoms with van der Waals surface area (Å²) in [6.07, 6.45) is -6.19. The van der Waals surface area contributed by atoms with Gasteiger partial charge in [-0.05, 0) is 32.0 Å². The number of alkyl halides is 3. The Balaban J connectivity index is 2.03. The van der Waals surface area contributed by atoms with Crippen LogP contribution in [0.4, 0.5) is 27.6 Å². The number of ether oxygens (including phenoxy) is 2. The SMILES string of the molecule is COc1c([C@H]2[C@H](C(=O)Nc3ccc([C@@H](C)O)nc3)O[C@@](C)(C(F)(F)F)[C@H]2C)ccc(F)c1F. The number of nitrogens with one attached hydrogen (secondary N) is 1. The highest BCUT2D eigenvalue weighted by molar-refractivity contribution is 5.95. The fourth-order valence-electron chi connectivity index (χ4n) is 3.98. The summed E-state index contributed by atoms with van der Waals surface area (Å²) in [5.41, 5.74) is -2.39. The van der Waals surface area contributed by atoms with Crippen LogP contribution in [0.1, 0.15) is 44.1 Å². The van der Waals surface area contributed by atoms with Crippen LogP contribution in [0.2, 0.25) is 0 Å². The van der Waals surface area contributed by atoms with Gasteiger partial charge in [-0.25, -0.2) is 4.39 Å². The number of aliphatic hydroxyl groups is 1. The maximum atomic E-state index is 14.4. The van der Waals surface area contributed by atoms with Crippen LogP contribution >= 0.6 is 0 Å². The zero-order chi connectivity index (χ0) is 24.7. The van der Waals surface area contributed by atoms with E-state index >= 15 is 0 Å². The van der Waals surface area contributed by atoms with Crippen molar-refractivity contribution in [3.8, 4) is 5.75 Å². The number of anilines is 1. The predicted molar refractivity (Wildman–Crippen MR) is 108 cm³/mol. The van der Waals surface area contributed by atoms with Gasteiger partial charge in [-0.15, -0.1) is 0 Å². The molecule has 0 aliphatic carbocycles. The molecule has 2 N–H and O–H groups in total. The molecule has 1 aromatic carbocycles. The van der Waals surface area contributed by atoms with Crippen molar-refractivity contribution in [1.29, 1.82) is 0 Å². The Morgan fingerprint density at radius 2 is 1.94 bits per heavy atom. The molecule has 0 radical (unpaired) electrons. The Kier molecular flexibility index (Phi) is 6.67. The van der Waals surface area contributed by atoms with E-state index in [9.17, 15) is 31.9 Å². The first-order chi connectivity index (χ1) is 15.3. The first-order valence-electron chi connectivity index (χ1n) is 10.0. The van der Waals surface area contributed by atoms with Gasteiger partial charge < -0.3 is 19.9 Å². The summed E-state index contributed by atoms with van der Waals surface area (Å²) in [4.78, 5) is 17.0. The topological polar surface area (TPSA) is 80.7 Å². The molecule has 1 fully saturated rings. The van der Waals surface area contributed by atoms with Crippen molar-refractivity contribution in [1.82, 2.24) is 4.98 Å². The standard InChI is InChI=1S/C22H23F5N2O4/c1-10-16(13-6-7-14(23)17(24)18(13)32-4)19(33-21(10,3)22(25,26)27)20(31)29-12-5-8-15(11(2)30)28-9-12/h5-11,16,19,30H,1-4H3,(H,29,31)/t10-,11+,16-,19+,21+/m0/s1. The second-order valence-electron chi connectivity index (χ2n) is 8.08. The van der Waals surface area contributed by atoms with E-state index in [4.69, 9.17) is 9.47 Å². The highest BCUT2D eigenvalue weighted by Gasteiger charge is 2.65. The fourth-order valence-corrected chi connectivity index (χ4v) is 3.98. The van der Waals surface area contributed by atoms with Crippen LogP contribution in [0.3, 0.4) is 0 Å². The monoisotopic (exact) mass is 474 g/mol. The van der Waals surface area contributed by atoms with Gasteiger partial charge >= 0.3 is 6.18 Å². The average molecular weight is 474 g/mol. The van der Waals surface area contributed by atoms with Gasteiger partial charge in [0.15, 0.2) is 17.2 Å². The molecule has 3 rings (SSSR count). The van der Waals surface area contributed by atoms with Crippen molar-refractivity contribution >= 4 is 11.6 Å². The number of benzene rings is 1. The van der Waals surface area contributed by atoms with E-state index in [0.29, 0.717) is 5.69 Å². The van der Waals surface area contributed by atoms with Gasteiger partial charge in [-0.3, -0.25) is 9.78 Å². The van der Waals surface area contributed by atoms with Crippen LogP contribution < -0.4 is 10.1 Å². The number of halogens is 5. The molecule has 6 nitrogen and oxygen atoms in total. The third-order valence-electron chi connectivity index (χ3n) is 6.05. The third-order valence-corrected chi connectivity index (χ3v) is 6.05. The van der Waals surface area contributed by atoms with Crippen LogP contribution in [0.5, 0.6) is 5.75 Å². The number of rotatable bonds is 5. The molecule has 1 aliphatic heterocycles. The number of methoxy groups -OCH3 is 1. The minimum atomic E-state index is -4.86. The van der Waals surface area contributed by atoms with Crippen LogP contribution in [-0.4, -0.2) is 41.0 Å². The van der Waals surface area contributed by atoms with Crippen molar-refractivity contribution in [2.45, 2.75) is 50.7 Å². The Hall–Kier alpha value is -2.79. The molecule has 33 heavy (non-hydrogen) atoms. The Bertz CT molecular complexity index is 1030. The smallest absolute Gasteiger partial charge is 0.417 e. The summed E-state index contributed by atoms with van der Waals surface area (Å²) < 4.78 is 80.1. The van der Waals surface area contributed by atoms with E-state index in [-0.39, 0.29) is 11.3 Å². The zero-order valence-corrected chi connectivity index (χ0v) is 18.2. The lowest BCUT2D eigenvalue weighted by molar-refractivity contribution is -0.272. The molecule has 0 saturated carbocycles. The van der Waals surface area contributed by atoms with E-state index in [1.165, 1.54) is 32.2 Å². The van der Waals surface area contributed by atoms with Crippen LogP contribution in [-0.2, 0) is 9.53 Å². The van der Waals surface area contributed by atoms with E-state index < -0.39 is 59.1 Å². The first kappa shape index (κ1) is 24.8. The minimum absolute atomic E-state index is 0.125. The molecule has 2 heterocycles. The molecule has 11 heteroatoms. The van der Waals surface area contributed by atoms with Gasteiger partial charge in [0.05, 0.1) is 30.8 Å². The molecular formula is C22H23F5N2O4. The summed E-state index contributed by atoms with van der Waals surface area (Å²) in [6.45, 7) is 3.53. The Labute approximate surface area is 186 Å². The molecule has 1 aromatic heterocycles. The summed E-state index contributed by atoms with van der Waals surface area (Å²) in [5.74, 6) is -6.82. The lowest BCUT2D eigenvalue weighted by atomic mass is 9.77. The van der Waals surface area contributed by atoms with Crippen molar-refractivity contribution in [3.05, 3.63) is 53.4 Å². The molecule has 5 atom stereocenters. The summed E-state index contributed by atoms with van der Waals surface area (Å²) >= 11 is 0. The van der Waals surface area contributed by atoms with Crippen molar-refractivity contribution in [2.24, 2.45) is 5.92 Å². The second kappa shape index (κ2) is 8.86. The fraction of sp³-hybridized carbons (Fsp3) is 0.455. The number of amides is 1. The van der Waals surface area contributed by atoms with Crippen molar-refractivity contribution in [2.75, 3.05) is 12.4 Å². The maximum Gasteiger partial charge on any atom is 0.417 e. The van der Waals surface area contributed by atoms with E-state index in [1.54, 1.807) is 0 Å². The maximum absolute atomic E-state index is 14.4. The van der Waals surface area contributed by atoms with Crippen molar-refractivity contribution < 1.29 is 41.3 Å². The molecule has 0 unspecified atom stereocenters. The predicted octanol–water partition coefficient (Wildman–Crippen LogP) is 4.50. The number of hydrogen-bond donors (Lipinski definition) is 2. The highest BCUT2D eigenvalue weighted by Crippen LogP contribution is 2.55. The molecule has 180 valence electrons. The van der Waals surface area contributed by atoms with Crippen LogP contribution in [0.15, 0.2) is 30.5 Å². The lowest BCUT2D eigenvalue weighted by Gasteiger charge is -2.32. The van der Waals surface area contributed by atoms with Crippen LogP contribution in [0.25, 0.3) is 0 Å². The number of aliphatic hydroxyl groups excluding tert-OH is 1. The third kappa shape index (κ3) is 4.39. The van der Waals surface area contributed by atoms with Gasteiger partial charge in [-0.1, -0.05) is 13.0 Å². The Morgan fingerprint density at radius 1 is 1.27 bits per heavy atom. The first-order valence-corrected chi connectivity index (χ1v) is 10.0. The molecule has 0 bridgehead atoms. The molecular weight excluding hydrogens is 451 g/mol. The minimum Gasteiger partial charge on any atom is -0.493 e. The molecule has 2 aromatic rings.